The van der Waals surface area contributed by atoms with Crippen LogP contribution in [-0.2, 0) is 4.79 Å². The fourth-order valence-corrected chi connectivity index (χ4v) is 1.38. The molecule has 1 N–H and O–H groups in total. The lowest BCUT2D eigenvalue weighted by atomic mass is 10.1. The number of nitrogens with one attached hydrogen (secondary N) is 1. The minimum Gasteiger partial charge on any atom is -0.485 e. The molecule has 1 aromatic carbocycles. The summed E-state index contributed by atoms with van der Waals surface area (Å²) in [6.07, 6.45) is 0. The zero-order valence-electron chi connectivity index (χ0n) is 7.66. The van der Waals surface area contributed by atoms with Gasteiger partial charge in [-0.15, -0.1) is 0 Å². The molecule has 4 nitrogen and oxygen atoms in total. The fourth-order valence-electron chi connectivity index (χ4n) is 1.38. The van der Waals surface area contributed by atoms with Crippen LogP contribution in [0.5, 0.6) is 5.75 Å². The van der Waals surface area contributed by atoms with Crippen molar-refractivity contribution in [3.8, 4) is 5.75 Å². The number of carbonyl (C=O) groups is 2. The van der Waals surface area contributed by atoms with Crippen LogP contribution < -0.4 is 10.1 Å². The molecule has 0 fully saturated rings. The fraction of sp³-hybridized carbons (Fsp3) is 0.200. The third-order valence-corrected chi connectivity index (χ3v) is 1.96. The molecule has 0 aliphatic carbocycles. The van der Waals surface area contributed by atoms with Gasteiger partial charge in [0.15, 0.2) is 6.61 Å². The summed E-state index contributed by atoms with van der Waals surface area (Å²) >= 11 is 0. The zero-order chi connectivity index (χ0) is 10.1. The van der Waals surface area contributed by atoms with E-state index in [-0.39, 0.29) is 18.3 Å². The molecule has 1 heterocycles. The maximum absolute atomic E-state index is 11.3. The molecule has 0 saturated heterocycles. The van der Waals surface area contributed by atoms with E-state index in [0.717, 1.165) is 0 Å². The molecule has 14 heavy (non-hydrogen) atoms. The number of fused-ring (bicyclic) bond motifs is 1. The van der Waals surface area contributed by atoms with E-state index in [4.69, 9.17) is 4.74 Å². The summed E-state index contributed by atoms with van der Waals surface area (Å²) in [5.74, 6) is 0.382. The predicted octanol–water partition coefficient (Wildman–Crippen LogP) is 1.22. The maximum Gasteiger partial charge on any atom is 0.221 e. The number of anilines is 1. The van der Waals surface area contributed by atoms with Gasteiger partial charge in [-0.2, -0.15) is 0 Å². The highest BCUT2D eigenvalue weighted by atomic mass is 16.5. The van der Waals surface area contributed by atoms with Crippen molar-refractivity contribution >= 4 is 17.4 Å². The molecule has 0 unspecified atom stereocenters. The van der Waals surface area contributed by atoms with Crippen LogP contribution in [0.25, 0.3) is 0 Å². The number of hydrogen-bond acceptors (Lipinski definition) is 3. The van der Waals surface area contributed by atoms with Crippen LogP contribution in [0.1, 0.15) is 17.3 Å². The Morgan fingerprint density at radius 2 is 2.29 bits per heavy atom. The van der Waals surface area contributed by atoms with Crippen molar-refractivity contribution in [3.63, 3.8) is 0 Å². The predicted molar refractivity (Wildman–Crippen MR) is 50.6 cm³/mol. The van der Waals surface area contributed by atoms with Gasteiger partial charge in [0.1, 0.15) is 5.75 Å². The molecule has 1 aliphatic rings. The van der Waals surface area contributed by atoms with Crippen molar-refractivity contribution in [1.82, 2.24) is 0 Å². The molecule has 0 aromatic heterocycles. The Bertz CT molecular complexity index is 412. The number of amides is 1. The number of hydrogen-bond donors (Lipinski definition) is 1. The SMILES string of the molecule is CC(=O)Nc1ccc2c(c1)C(=O)CO2. The average Bonchev–Trinajstić information content (AvgIpc) is 2.47. The molecule has 0 atom stereocenters. The lowest BCUT2D eigenvalue weighted by Crippen LogP contribution is -2.06. The number of benzene rings is 1. The van der Waals surface area contributed by atoms with E-state index in [1.807, 2.05) is 0 Å². The van der Waals surface area contributed by atoms with Crippen molar-refractivity contribution in [1.29, 1.82) is 0 Å². The molecule has 2 rings (SSSR count). The second kappa shape index (κ2) is 3.14. The number of ketones is 1. The van der Waals surface area contributed by atoms with Gasteiger partial charge in [-0.25, -0.2) is 0 Å². The summed E-state index contributed by atoms with van der Waals surface area (Å²) in [5, 5.41) is 2.61. The zero-order valence-corrected chi connectivity index (χ0v) is 7.66. The minimum absolute atomic E-state index is 0.0489. The van der Waals surface area contributed by atoms with Crippen molar-refractivity contribution in [2.45, 2.75) is 6.92 Å². The number of ether oxygens (including phenoxy) is 1. The lowest BCUT2D eigenvalue weighted by Gasteiger charge is -2.02. The molecule has 72 valence electrons. The van der Waals surface area contributed by atoms with Crippen LogP contribution in [0.2, 0.25) is 0 Å². The monoisotopic (exact) mass is 191 g/mol. The van der Waals surface area contributed by atoms with Crippen LogP contribution in [-0.4, -0.2) is 18.3 Å². The minimum atomic E-state index is -0.156. The molecule has 0 bridgehead atoms. The molecule has 1 amide bonds. The molecule has 0 spiro atoms. The van der Waals surface area contributed by atoms with Gasteiger partial charge in [0, 0.05) is 12.6 Å². The van der Waals surface area contributed by atoms with Gasteiger partial charge in [-0.3, -0.25) is 9.59 Å². The van der Waals surface area contributed by atoms with Gasteiger partial charge in [0.2, 0.25) is 11.7 Å². The summed E-state index contributed by atoms with van der Waals surface area (Å²) in [6.45, 7) is 1.52. The van der Waals surface area contributed by atoms with Gasteiger partial charge in [-0.05, 0) is 18.2 Å². The Morgan fingerprint density at radius 1 is 1.50 bits per heavy atom. The summed E-state index contributed by atoms with van der Waals surface area (Å²) in [6, 6.07) is 5.02. The third-order valence-electron chi connectivity index (χ3n) is 1.96. The lowest BCUT2D eigenvalue weighted by molar-refractivity contribution is -0.114. The van der Waals surface area contributed by atoms with Gasteiger partial charge < -0.3 is 10.1 Å². The molecule has 1 aromatic rings. The topological polar surface area (TPSA) is 55.4 Å². The molecular formula is C10H9NO3. The van der Waals surface area contributed by atoms with Crippen LogP contribution in [0.15, 0.2) is 18.2 Å². The highest BCUT2D eigenvalue weighted by Crippen LogP contribution is 2.27. The Labute approximate surface area is 80.9 Å². The van der Waals surface area contributed by atoms with Crippen molar-refractivity contribution in [3.05, 3.63) is 23.8 Å². The van der Waals surface area contributed by atoms with Crippen molar-refractivity contribution in [2.24, 2.45) is 0 Å². The van der Waals surface area contributed by atoms with E-state index in [1.165, 1.54) is 6.92 Å². The summed E-state index contributed by atoms with van der Waals surface area (Å²) in [4.78, 5) is 22.0. The van der Waals surface area contributed by atoms with Gasteiger partial charge >= 0.3 is 0 Å². The average molecular weight is 191 g/mol. The Kier molecular flexibility index (Phi) is 1.96. The van der Waals surface area contributed by atoms with E-state index in [9.17, 15) is 9.59 Å². The summed E-state index contributed by atoms with van der Waals surface area (Å²) in [5.41, 5.74) is 1.16. The van der Waals surface area contributed by atoms with Gasteiger partial charge in [0.05, 0.1) is 5.56 Å². The molecule has 0 radical (unpaired) electrons. The first-order valence-corrected chi connectivity index (χ1v) is 4.24. The van der Waals surface area contributed by atoms with E-state index >= 15 is 0 Å². The van der Waals surface area contributed by atoms with Crippen LogP contribution >= 0.6 is 0 Å². The van der Waals surface area contributed by atoms with Gasteiger partial charge in [-0.1, -0.05) is 0 Å². The second-order valence-corrected chi connectivity index (χ2v) is 3.10. The summed E-state index contributed by atoms with van der Waals surface area (Å²) in [7, 11) is 0. The van der Waals surface area contributed by atoms with E-state index in [1.54, 1.807) is 18.2 Å². The first kappa shape index (κ1) is 8.74. The summed E-state index contributed by atoms with van der Waals surface area (Å²) < 4.78 is 5.11. The van der Waals surface area contributed by atoms with Gasteiger partial charge in [0.25, 0.3) is 0 Å². The number of Topliss-reactive ketones (excluding diaryl/α,β-unsaturated/α-hetero) is 1. The van der Waals surface area contributed by atoms with Crippen molar-refractivity contribution in [2.75, 3.05) is 11.9 Å². The first-order chi connectivity index (χ1) is 6.66. The standard InChI is InChI=1S/C10H9NO3/c1-6(12)11-7-2-3-10-8(4-7)9(13)5-14-10/h2-4H,5H2,1H3,(H,11,12). The maximum atomic E-state index is 11.3. The molecule has 1 aliphatic heterocycles. The van der Waals surface area contributed by atoms with E-state index < -0.39 is 0 Å². The molecular weight excluding hydrogens is 182 g/mol. The van der Waals surface area contributed by atoms with E-state index in [0.29, 0.717) is 17.0 Å². The van der Waals surface area contributed by atoms with Crippen LogP contribution in [0.4, 0.5) is 5.69 Å². The number of rotatable bonds is 1. The quantitative estimate of drug-likeness (QED) is 0.726. The van der Waals surface area contributed by atoms with Crippen LogP contribution in [0, 0.1) is 0 Å². The highest BCUT2D eigenvalue weighted by molar-refractivity contribution is 6.03. The largest absolute Gasteiger partial charge is 0.485 e. The second-order valence-electron chi connectivity index (χ2n) is 3.10. The number of carbonyl (C=O) groups excluding carboxylic acids is 2. The van der Waals surface area contributed by atoms with Crippen molar-refractivity contribution < 1.29 is 14.3 Å². The van der Waals surface area contributed by atoms with E-state index in [2.05, 4.69) is 5.32 Å². The Hall–Kier alpha value is -1.84. The Balaban J connectivity index is 2.35. The normalized spacial score (nSPS) is 13.4. The third kappa shape index (κ3) is 1.46. The molecule has 4 heteroatoms. The Morgan fingerprint density at radius 3 is 3.00 bits per heavy atom. The highest BCUT2D eigenvalue weighted by Gasteiger charge is 2.20. The first-order valence-electron chi connectivity index (χ1n) is 4.24. The molecule has 0 saturated carbocycles. The smallest absolute Gasteiger partial charge is 0.221 e. The van der Waals surface area contributed by atoms with Crippen LogP contribution in [0.3, 0.4) is 0 Å².